The molecule has 5 rings (SSSR count). The van der Waals surface area contributed by atoms with Crippen LogP contribution in [0, 0.1) is 0 Å². The van der Waals surface area contributed by atoms with Crippen molar-refractivity contribution in [2.24, 2.45) is 0 Å². The van der Waals surface area contributed by atoms with Crippen LogP contribution >= 0.6 is 0 Å². The minimum atomic E-state index is -0.495. The Balaban J connectivity index is 1.41. The SMILES string of the molecule is CN(C)c1ncc2c(n1)C1(CCCN(C(=O)Cn3c(=O)oc4ccccc43)C1)CC2. The predicted molar refractivity (Wildman–Crippen MR) is 113 cm³/mol. The van der Waals surface area contributed by atoms with Gasteiger partial charge in [0.05, 0.1) is 11.2 Å². The molecule has 0 saturated carbocycles. The van der Waals surface area contributed by atoms with Crippen LogP contribution in [0.15, 0.2) is 39.7 Å². The van der Waals surface area contributed by atoms with Crippen LogP contribution in [-0.4, -0.2) is 52.5 Å². The third kappa shape index (κ3) is 2.98. The van der Waals surface area contributed by atoms with E-state index in [-0.39, 0.29) is 17.9 Å². The molecule has 1 unspecified atom stereocenters. The number of aromatic nitrogens is 3. The summed E-state index contributed by atoms with van der Waals surface area (Å²) in [6, 6.07) is 7.20. The number of benzene rings is 1. The summed E-state index contributed by atoms with van der Waals surface area (Å²) in [5, 5.41) is 0. The van der Waals surface area contributed by atoms with Gasteiger partial charge in [-0.15, -0.1) is 0 Å². The quantitative estimate of drug-likeness (QED) is 0.660. The van der Waals surface area contributed by atoms with Gasteiger partial charge in [0, 0.05) is 38.8 Å². The molecular weight excluding hydrogens is 382 g/mol. The monoisotopic (exact) mass is 407 g/mol. The molecule has 2 aromatic heterocycles. The fraction of sp³-hybridized carbons (Fsp3) is 0.455. The number of piperidine rings is 1. The third-order valence-corrected chi connectivity index (χ3v) is 6.42. The average molecular weight is 407 g/mol. The number of para-hydroxylation sites is 2. The van der Waals surface area contributed by atoms with Gasteiger partial charge in [0.25, 0.3) is 0 Å². The second-order valence-electron chi connectivity index (χ2n) is 8.56. The maximum absolute atomic E-state index is 13.2. The van der Waals surface area contributed by atoms with E-state index < -0.39 is 5.76 Å². The van der Waals surface area contributed by atoms with Gasteiger partial charge in [-0.1, -0.05) is 12.1 Å². The largest absolute Gasteiger partial charge is 0.420 e. The summed E-state index contributed by atoms with van der Waals surface area (Å²) >= 11 is 0. The highest BCUT2D eigenvalue weighted by atomic mass is 16.4. The third-order valence-electron chi connectivity index (χ3n) is 6.42. The maximum atomic E-state index is 13.2. The summed E-state index contributed by atoms with van der Waals surface area (Å²) in [6.45, 7) is 1.32. The fourth-order valence-electron chi connectivity index (χ4n) is 4.89. The van der Waals surface area contributed by atoms with Gasteiger partial charge in [-0.2, -0.15) is 0 Å². The van der Waals surface area contributed by atoms with E-state index in [1.54, 1.807) is 12.1 Å². The summed E-state index contributed by atoms with van der Waals surface area (Å²) in [5.41, 5.74) is 3.30. The summed E-state index contributed by atoms with van der Waals surface area (Å²) in [7, 11) is 3.88. The average Bonchev–Trinajstić information content (AvgIpc) is 3.25. The lowest BCUT2D eigenvalue weighted by atomic mass is 9.77. The molecule has 1 spiro atoms. The Morgan fingerprint density at radius 2 is 2.10 bits per heavy atom. The minimum Gasteiger partial charge on any atom is -0.408 e. The summed E-state index contributed by atoms with van der Waals surface area (Å²) in [5.74, 6) is 0.152. The zero-order valence-electron chi connectivity index (χ0n) is 17.3. The lowest BCUT2D eigenvalue weighted by Gasteiger charge is -2.40. The maximum Gasteiger partial charge on any atom is 0.420 e. The molecule has 1 saturated heterocycles. The first-order valence-electron chi connectivity index (χ1n) is 10.4. The van der Waals surface area contributed by atoms with Crippen LogP contribution in [0.1, 0.15) is 30.5 Å². The van der Waals surface area contributed by atoms with Crippen LogP contribution in [0.2, 0.25) is 0 Å². The van der Waals surface area contributed by atoms with Crippen LogP contribution in [0.3, 0.4) is 0 Å². The number of nitrogens with zero attached hydrogens (tertiary/aromatic N) is 5. The second kappa shape index (κ2) is 6.97. The van der Waals surface area contributed by atoms with E-state index in [2.05, 4.69) is 4.98 Å². The number of likely N-dealkylation sites (tertiary alicyclic amines) is 1. The van der Waals surface area contributed by atoms with E-state index in [1.165, 1.54) is 10.1 Å². The Kier molecular flexibility index (Phi) is 4.38. The van der Waals surface area contributed by atoms with Crippen molar-refractivity contribution >= 4 is 23.0 Å². The molecule has 0 N–H and O–H groups in total. The normalized spacial score (nSPS) is 20.7. The molecule has 0 bridgehead atoms. The van der Waals surface area contributed by atoms with Crippen LogP contribution in [0.5, 0.6) is 0 Å². The Bertz CT molecular complexity index is 1180. The Morgan fingerprint density at radius 1 is 1.27 bits per heavy atom. The Labute approximate surface area is 174 Å². The van der Waals surface area contributed by atoms with Crippen LogP contribution in [0.25, 0.3) is 11.1 Å². The van der Waals surface area contributed by atoms with Gasteiger partial charge in [0.1, 0.15) is 6.54 Å². The molecule has 3 heterocycles. The number of hydrogen-bond acceptors (Lipinski definition) is 6. The standard InChI is InChI=1S/C22H25N5O3/c1-25(2)20-23-12-15-8-10-22(19(15)24-20)9-5-11-26(14-22)18(28)13-27-16-6-3-4-7-17(16)30-21(27)29/h3-4,6-7,12H,5,8-11,13-14H2,1-2H3. The van der Waals surface area contributed by atoms with E-state index >= 15 is 0 Å². The summed E-state index contributed by atoms with van der Waals surface area (Å²) < 4.78 is 6.70. The van der Waals surface area contributed by atoms with Gasteiger partial charge in [-0.25, -0.2) is 14.8 Å². The number of hydrogen-bond donors (Lipinski definition) is 0. The van der Waals surface area contributed by atoms with E-state index in [4.69, 9.17) is 9.40 Å². The van der Waals surface area contributed by atoms with Gasteiger partial charge in [0.2, 0.25) is 11.9 Å². The number of oxazole rings is 1. The number of aryl methyl sites for hydroxylation is 1. The smallest absolute Gasteiger partial charge is 0.408 e. The van der Waals surface area contributed by atoms with Gasteiger partial charge in [-0.05, 0) is 43.4 Å². The zero-order chi connectivity index (χ0) is 20.9. The van der Waals surface area contributed by atoms with Crippen molar-refractivity contribution in [1.29, 1.82) is 0 Å². The highest BCUT2D eigenvalue weighted by molar-refractivity contribution is 5.80. The number of fused-ring (bicyclic) bond motifs is 3. The molecular formula is C22H25N5O3. The fourth-order valence-corrected chi connectivity index (χ4v) is 4.89. The molecule has 0 radical (unpaired) electrons. The minimum absolute atomic E-state index is 0.00843. The lowest BCUT2D eigenvalue weighted by molar-refractivity contribution is -0.134. The molecule has 8 heteroatoms. The lowest BCUT2D eigenvalue weighted by Crippen LogP contribution is -2.49. The predicted octanol–water partition coefficient (Wildman–Crippen LogP) is 1.96. The first kappa shape index (κ1) is 18.8. The number of anilines is 1. The van der Waals surface area contributed by atoms with E-state index in [0.717, 1.165) is 31.4 Å². The van der Waals surface area contributed by atoms with Crippen molar-refractivity contribution in [3.8, 4) is 0 Å². The zero-order valence-corrected chi connectivity index (χ0v) is 17.3. The van der Waals surface area contributed by atoms with Crippen molar-refractivity contribution in [2.45, 2.75) is 37.6 Å². The molecule has 30 heavy (non-hydrogen) atoms. The van der Waals surface area contributed by atoms with Crippen molar-refractivity contribution in [2.75, 3.05) is 32.1 Å². The van der Waals surface area contributed by atoms with Crippen molar-refractivity contribution in [1.82, 2.24) is 19.4 Å². The van der Waals surface area contributed by atoms with Gasteiger partial charge in [-0.3, -0.25) is 9.36 Å². The Hall–Kier alpha value is -3.16. The van der Waals surface area contributed by atoms with E-state index in [9.17, 15) is 9.59 Å². The molecule has 156 valence electrons. The molecule has 1 fully saturated rings. The highest BCUT2D eigenvalue weighted by Gasteiger charge is 2.44. The second-order valence-corrected chi connectivity index (χ2v) is 8.56. The number of carbonyl (C=O) groups excluding carboxylic acids is 1. The highest BCUT2D eigenvalue weighted by Crippen LogP contribution is 2.44. The molecule has 2 aliphatic rings. The van der Waals surface area contributed by atoms with Crippen LogP contribution in [0.4, 0.5) is 5.95 Å². The van der Waals surface area contributed by atoms with Crippen LogP contribution < -0.4 is 10.7 Å². The number of amides is 1. The number of rotatable bonds is 3. The summed E-state index contributed by atoms with van der Waals surface area (Å²) in [6.07, 6.45) is 5.79. The van der Waals surface area contributed by atoms with Crippen molar-refractivity contribution in [3.63, 3.8) is 0 Å². The number of carbonyl (C=O) groups is 1. The molecule has 1 aliphatic heterocycles. The van der Waals surface area contributed by atoms with Crippen molar-refractivity contribution in [3.05, 3.63) is 52.3 Å². The van der Waals surface area contributed by atoms with E-state index in [0.29, 0.717) is 30.1 Å². The Morgan fingerprint density at radius 3 is 2.93 bits per heavy atom. The van der Waals surface area contributed by atoms with Crippen LogP contribution in [-0.2, 0) is 23.2 Å². The molecule has 1 amide bonds. The van der Waals surface area contributed by atoms with E-state index in [1.807, 2.05) is 42.2 Å². The molecule has 1 atom stereocenters. The molecule has 8 nitrogen and oxygen atoms in total. The molecule has 1 aromatic carbocycles. The first-order valence-corrected chi connectivity index (χ1v) is 10.4. The first-order chi connectivity index (χ1) is 14.5. The molecule has 1 aliphatic carbocycles. The van der Waals surface area contributed by atoms with Gasteiger partial charge < -0.3 is 14.2 Å². The molecule has 3 aromatic rings. The van der Waals surface area contributed by atoms with Gasteiger partial charge >= 0.3 is 5.76 Å². The van der Waals surface area contributed by atoms with Gasteiger partial charge in [0.15, 0.2) is 5.58 Å². The van der Waals surface area contributed by atoms with Crippen molar-refractivity contribution < 1.29 is 9.21 Å². The summed E-state index contributed by atoms with van der Waals surface area (Å²) in [4.78, 5) is 38.6. The topological polar surface area (TPSA) is 84.5 Å².